The summed E-state index contributed by atoms with van der Waals surface area (Å²) in [5, 5.41) is 0.246. The summed E-state index contributed by atoms with van der Waals surface area (Å²) in [5.74, 6) is 0.0857. The van der Waals surface area contributed by atoms with Crippen molar-refractivity contribution in [3.63, 3.8) is 0 Å². The molecule has 3 nitrogen and oxygen atoms in total. The molecule has 0 fully saturated rings. The minimum atomic E-state index is -0.392. The zero-order valence-electron chi connectivity index (χ0n) is 8.95. The predicted octanol–water partition coefficient (Wildman–Crippen LogP) is 3.86. The highest BCUT2D eigenvalue weighted by Crippen LogP contribution is 2.29. The molecule has 0 heterocycles. The molecular formula is C11H9ClFIN2O. The number of allylic oxidation sites excluding steroid dienone is 1. The van der Waals surface area contributed by atoms with Crippen molar-refractivity contribution >= 4 is 52.2 Å². The lowest BCUT2D eigenvalue weighted by Crippen LogP contribution is -1.91. The summed E-state index contributed by atoms with van der Waals surface area (Å²) >= 11 is 7.48. The average molecular weight is 367 g/mol. The highest BCUT2D eigenvalue weighted by atomic mass is 127. The molecule has 90 valence electrons. The molecule has 17 heavy (non-hydrogen) atoms. The minimum Gasteiger partial charge on any atom is -0.427 e. The zero-order chi connectivity index (χ0) is 12.8. The van der Waals surface area contributed by atoms with E-state index in [1.165, 1.54) is 24.3 Å². The fourth-order valence-corrected chi connectivity index (χ4v) is 1.64. The van der Waals surface area contributed by atoms with E-state index in [9.17, 15) is 4.39 Å². The van der Waals surface area contributed by atoms with Crippen LogP contribution in [-0.4, -0.2) is 18.9 Å². The fraction of sp³-hybridized carbons (Fsp3) is 0.0909. The van der Waals surface area contributed by atoms with Crippen LogP contribution in [-0.2, 0) is 0 Å². The molecule has 1 aromatic carbocycles. The van der Waals surface area contributed by atoms with Crippen molar-refractivity contribution in [1.29, 1.82) is 0 Å². The van der Waals surface area contributed by atoms with Gasteiger partial charge in [0.25, 0.3) is 0 Å². The maximum Gasteiger partial charge on any atom is 0.192 e. The number of halogens is 3. The zero-order valence-corrected chi connectivity index (χ0v) is 11.9. The van der Waals surface area contributed by atoms with Crippen molar-refractivity contribution in [3.8, 4) is 5.75 Å². The van der Waals surface area contributed by atoms with Gasteiger partial charge in [-0.15, -0.1) is 0 Å². The number of rotatable bonds is 4. The van der Waals surface area contributed by atoms with Gasteiger partial charge in [0.2, 0.25) is 0 Å². The summed E-state index contributed by atoms with van der Waals surface area (Å²) in [4.78, 5) is 7.55. The third kappa shape index (κ3) is 3.78. The third-order valence-corrected chi connectivity index (χ3v) is 2.69. The first-order valence-electron chi connectivity index (χ1n) is 4.51. The van der Waals surface area contributed by atoms with E-state index >= 15 is 0 Å². The van der Waals surface area contributed by atoms with Crippen molar-refractivity contribution in [1.82, 2.24) is 0 Å². The Balaban J connectivity index is 3.33. The molecule has 0 N–H and O–H groups in total. The summed E-state index contributed by atoms with van der Waals surface area (Å²) in [5.41, 5.74) is 0.864. The van der Waals surface area contributed by atoms with Crippen LogP contribution in [0.3, 0.4) is 0 Å². The lowest BCUT2D eigenvalue weighted by Gasteiger charge is -2.07. The Labute approximate surface area is 118 Å². The summed E-state index contributed by atoms with van der Waals surface area (Å²) in [6.45, 7) is 3.42. The second kappa shape index (κ2) is 6.70. The molecule has 0 atom stereocenters. The predicted molar refractivity (Wildman–Crippen MR) is 77.8 cm³/mol. The second-order valence-corrected chi connectivity index (χ2v) is 3.78. The van der Waals surface area contributed by atoms with E-state index in [1.54, 1.807) is 30.1 Å². The SMILES string of the molecule is C=N/C(=C\C(Cl)=NC)c1cc(F)ccc1OI. The molecule has 0 saturated carbocycles. The molecule has 0 amide bonds. The Morgan fingerprint density at radius 2 is 2.29 bits per heavy atom. The Hall–Kier alpha value is -0.950. The van der Waals surface area contributed by atoms with Gasteiger partial charge >= 0.3 is 0 Å². The van der Waals surface area contributed by atoms with Gasteiger partial charge < -0.3 is 3.07 Å². The molecule has 0 aromatic heterocycles. The molecule has 0 aliphatic heterocycles. The fourth-order valence-electron chi connectivity index (χ4n) is 1.16. The van der Waals surface area contributed by atoms with Gasteiger partial charge in [-0.05, 0) is 24.9 Å². The quantitative estimate of drug-likeness (QED) is 0.588. The van der Waals surface area contributed by atoms with Crippen molar-refractivity contribution < 1.29 is 7.46 Å². The van der Waals surface area contributed by atoms with Crippen LogP contribution in [0.5, 0.6) is 5.75 Å². The second-order valence-electron chi connectivity index (χ2n) is 2.95. The normalized spacial score (nSPS) is 12.5. The van der Waals surface area contributed by atoms with Gasteiger partial charge in [-0.25, -0.2) is 4.39 Å². The van der Waals surface area contributed by atoms with E-state index in [2.05, 4.69) is 16.7 Å². The third-order valence-electron chi connectivity index (χ3n) is 1.94. The van der Waals surface area contributed by atoms with Crippen molar-refractivity contribution in [2.75, 3.05) is 7.05 Å². The molecule has 0 aliphatic carbocycles. The van der Waals surface area contributed by atoms with Crippen LogP contribution in [0.4, 0.5) is 4.39 Å². The molecule has 0 bridgehead atoms. The first-order valence-corrected chi connectivity index (χ1v) is 5.77. The highest BCUT2D eigenvalue weighted by molar-refractivity contribution is 14.1. The average Bonchev–Trinajstić information content (AvgIpc) is 2.35. The molecule has 1 rings (SSSR count). The standard InChI is InChI=1S/C11H9ClFIN2O/c1-15-9(6-11(12)16-2)8-5-7(13)3-4-10(8)17-14/h3-6H,1H2,2H3/b9-6-,16-11?. The number of hydrogen-bond donors (Lipinski definition) is 0. The Morgan fingerprint density at radius 1 is 1.59 bits per heavy atom. The molecule has 0 unspecified atom stereocenters. The topological polar surface area (TPSA) is 34.0 Å². The van der Waals surface area contributed by atoms with E-state index in [0.29, 0.717) is 17.0 Å². The number of nitrogens with zero attached hydrogens (tertiary/aromatic N) is 2. The smallest absolute Gasteiger partial charge is 0.192 e. The molecule has 0 aliphatic rings. The van der Waals surface area contributed by atoms with E-state index < -0.39 is 5.82 Å². The molecule has 0 radical (unpaired) electrons. The van der Waals surface area contributed by atoms with Gasteiger partial charge in [0.15, 0.2) is 23.0 Å². The molecule has 6 heteroatoms. The van der Waals surface area contributed by atoms with Crippen LogP contribution in [0, 0.1) is 5.82 Å². The summed E-state index contributed by atoms with van der Waals surface area (Å²) in [7, 11) is 1.54. The first kappa shape index (κ1) is 14.1. The van der Waals surface area contributed by atoms with E-state index in [0.717, 1.165) is 0 Å². The largest absolute Gasteiger partial charge is 0.427 e. The van der Waals surface area contributed by atoms with Crippen LogP contribution >= 0.6 is 34.6 Å². The van der Waals surface area contributed by atoms with Crippen molar-refractivity contribution in [3.05, 3.63) is 35.7 Å². The van der Waals surface area contributed by atoms with Gasteiger partial charge in [-0.1, -0.05) is 11.6 Å². The summed E-state index contributed by atoms with van der Waals surface area (Å²) in [6, 6.07) is 4.11. The lowest BCUT2D eigenvalue weighted by atomic mass is 10.1. The van der Waals surface area contributed by atoms with E-state index in [1.807, 2.05) is 0 Å². The van der Waals surface area contributed by atoms with Crippen LogP contribution in [0.2, 0.25) is 0 Å². The maximum atomic E-state index is 13.2. The van der Waals surface area contributed by atoms with Crippen LogP contribution < -0.4 is 3.07 Å². The summed E-state index contributed by atoms with van der Waals surface area (Å²) in [6.07, 6.45) is 1.49. The van der Waals surface area contributed by atoms with Crippen molar-refractivity contribution in [2.24, 2.45) is 9.98 Å². The van der Waals surface area contributed by atoms with Crippen molar-refractivity contribution in [2.45, 2.75) is 0 Å². The van der Waals surface area contributed by atoms with Gasteiger partial charge in [-0.3, -0.25) is 9.98 Å². The molecule has 0 spiro atoms. The van der Waals surface area contributed by atoms with Gasteiger partial charge in [0, 0.05) is 18.7 Å². The highest BCUT2D eigenvalue weighted by Gasteiger charge is 2.10. The van der Waals surface area contributed by atoms with Crippen LogP contribution in [0.1, 0.15) is 5.56 Å². The molecule has 0 saturated heterocycles. The van der Waals surface area contributed by atoms with E-state index in [4.69, 9.17) is 14.7 Å². The number of benzene rings is 1. The Kier molecular flexibility index (Phi) is 5.57. The number of hydrogen-bond acceptors (Lipinski definition) is 3. The van der Waals surface area contributed by atoms with Crippen LogP contribution in [0.15, 0.2) is 34.3 Å². The first-order chi connectivity index (χ1) is 8.12. The Bertz CT molecular complexity index is 488. The van der Waals surface area contributed by atoms with E-state index in [-0.39, 0.29) is 5.17 Å². The monoisotopic (exact) mass is 366 g/mol. The molecule has 1 aromatic rings. The maximum absolute atomic E-state index is 13.2. The summed E-state index contributed by atoms with van der Waals surface area (Å²) < 4.78 is 18.3. The Morgan fingerprint density at radius 3 is 2.82 bits per heavy atom. The lowest BCUT2D eigenvalue weighted by molar-refractivity contribution is 0.621. The van der Waals surface area contributed by atoms with Gasteiger partial charge in [0.05, 0.1) is 5.70 Å². The minimum absolute atomic E-state index is 0.246. The molecular weight excluding hydrogens is 357 g/mol. The van der Waals surface area contributed by atoms with Gasteiger partial charge in [0.1, 0.15) is 16.7 Å². The number of aliphatic imine (C=N–C) groups is 2. The van der Waals surface area contributed by atoms with Gasteiger partial charge in [-0.2, -0.15) is 0 Å². The van der Waals surface area contributed by atoms with Crippen LogP contribution in [0.25, 0.3) is 5.70 Å².